The molecule has 0 unspecified atom stereocenters. The molecular formula is C18H19N3O3. The first-order valence-electron chi connectivity index (χ1n) is 8.21. The Morgan fingerprint density at radius 2 is 2.00 bits per heavy atom. The van der Waals surface area contributed by atoms with Crippen LogP contribution in [0, 0.1) is 6.92 Å². The Kier molecular flexibility index (Phi) is 3.80. The van der Waals surface area contributed by atoms with Gasteiger partial charge in [-0.25, -0.2) is 4.98 Å². The van der Waals surface area contributed by atoms with Crippen LogP contribution in [0.5, 0.6) is 11.5 Å². The van der Waals surface area contributed by atoms with Gasteiger partial charge < -0.3 is 14.4 Å². The highest BCUT2D eigenvalue weighted by Crippen LogP contribution is 2.38. The average molecular weight is 325 g/mol. The van der Waals surface area contributed by atoms with Crippen LogP contribution in [-0.4, -0.2) is 40.5 Å². The topological polar surface area (TPSA) is 64.6 Å². The number of nitrogens with zero attached hydrogens (tertiary/aromatic N) is 3. The van der Waals surface area contributed by atoms with Gasteiger partial charge in [0.1, 0.15) is 18.9 Å². The summed E-state index contributed by atoms with van der Waals surface area (Å²) in [7, 11) is 0. The quantitative estimate of drug-likeness (QED) is 0.849. The summed E-state index contributed by atoms with van der Waals surface area (Å²) in [6, 6.07) is 5.98. The lowest BCUT2D eigenvalue weighted by atomic mass is 10.0. The third-order valence-corrected chi connectivity index (χ3v) is 4.46. The van der Waals surface area contributed by atoms with Gasteiger partial charge in [0.15, 0.2) is 11.5 Å². The van der Waals surface area contributed by atoms with E-state index < -0.39 is 0 Å². The van der Waals surface area contributed by atoms with Crippen LogP contribution < -0.4 is 9.47 Å². The lowest BCUT2D eigenvalue weighted by Crippen LogP contribution is -2.31. The van der Waals surface area contributed by atoms with Gasteiger partial charge in [-0.1, -0.05) is 6.07 Å². The SMILES string of the molecule is Cc1cnc(C(=O)N2CCC[C@H]2c2ccc3c(c2)OCCO3)cn1. The van der Waals surface area contributed by atoms with Crippen molar-refractivity contribution < 1.29 is 14.3 Å². The van der Waals surface area contributed by atoms with Crippen LogP contribution in [0.15, 0.2) is 30.6 Å². The highest BCUT2D eigenvalue weighted by molar-refractivity contribution is 5.92. The molecule has 1 fully saturated rings. The average Bonchev–Trinajstić information content (AvgIpc) is 3.11. The van der Waals surface area contributed by atoms with Crippen molar-refractivity contribution in [1.82, 2.24) is 14.9 Å². The first-order valence-corrected chi connectivity index (χ1v) is 8.21. The number of hydrogen-bond acceptors (Lipinski definition) is 5. The van der Waals surface area contributed by atoms with Crippen molar-refractivity contribution in [2.24, 2.45) is 0 Å². The maximum atomic E-state index is 12.8. The van der Waals surface area contributed by atoms with Gasteiger partial charge in [0.2, 0.25) is 0 Å². The summed E-state index contributed by atoms with van der Waals surface area (Å²) in [5, 5.41) is 0. The molecule has 1 atom stereocenters. The molecule has 1 saturated heterocycles. The predicted octanol–water partition coefficient (Wildman–Crippen LogP) is 2.53. The minimum absolute atomic E-state index is 0.0384. The van der Waals surface area contributed by atoms with Gasteiger partial charge in [-0.15, -0.1) is 0 Å². The van der Waals surface area contributed by atoms with Crippen LogP contribution in [0.4, 0.5) is 0 Å². The van der Waals surface area contributed by atoms with E-state index in [9.17, 15) is 4.79 Å². The molecule has 1 aromatic carbocycles. The summed E-state index contributed by atoms with van der Waals surface area (Å²) >= 11 is 0. The lowest BCUT2D eigenvalue weighted by molar-refractivity contribution is 0.0728. The van der Waals surface area contributed by atoms with E-state index in [1.165, 1.54) is 0 Å². The van der Waals surface area contributed by atoms with Gasteiger partial charge in [-0.2, -0.15) is 0 Å². The third-order valence-electron chi connectivity index (χ3n) is 4.46. The highest BCUT2D eigenvalue weighted by Gasteiger charge is 2.32. The Bertz CT molecular complexity index is 761. The molecule has 6 nitrogen and oxygen atoms in total. The Morgan fingerprint density at radius 1 is 1.17 bits per heavy atom. The number of carbonyl (C=O) groups excluding carboxylic acids is 1. The molecule has 0 aliphatic carbocycles. The van der Waals surface area contributed by atoms with Crippen LogP contribution in [0.2, 0.25) is 0 Å². The minimum Gasteiger partial charge on any atom is -0.486 e. The van der Waals surface area contributed by atoms with E-state index in [4.69, 9.17) is 9.47 Å². The Morgan fingerprint density at radius 3 is 2.79 bits per heavy atom. The Labute approximate surface area is 140 Å². The zero-order valence-electron chi connectivity index (χ0n) is 13.6. The van der Waals surface area contributed by atoms with Gasteiger partial charge in [-0.3, -0.25) is 9.78 Å². The van der Waals surface area contributed by atoms with Crippen LogP contribution >= 0.6 is 0 Å². The first-order chi connectivity index (χ1) is 11.7. The molecule has 124 valence electrons. The van der Waals surface area contributed by atoms with Crippen molar-refractivity contribution in [2.75, 3.05) is 19.8 Å². The number of aryl methyl sites for hydroxylation is 1. The molecule has 4 rings (SSSR count). The van der Waals surface area contributed by atoms with E-state index in [0.717, 1.165) is 42.1 Å². The number of likely N-dealkylation sites (tertiary alicyclic amines) is 1. The fourth-order valence-electron chi connectivity index (χ4n) is 3.27. The number of aromatic nitrogens is 2. The normalized spacial score (nSPS) is 19.4. The van der Waals surface area contributed by atoms with Crippen molar-refractivity contribution in [3.63, 3.8) is 0 Å². The smallest absolute Gasteiger partial charge is 0.274 e. The van der Waals surface area contributed by atoms with E-state index in [1.54, 1.807) is 12.4 Å². The Hall–Kier alpha value is -2.63. The molecule has 2 aliphatic rings. The van der Waals surface area contributed by atoms with Gasteiger partial charge in [0.25, 0.3) is 5.91 Å². The number of ether oxygens (including phenoxy) is 2. The van der Waals surface area contributed by atoms with E-state index in [2.05, 4.69) is 9.97 Å². The number of hydrogen-bond donors (Lipinski definition) is 0. The van der Waals surface area contributed by atoms with Crippen molar-refractivity contribution in [1.29, 1.82) is 0 Å². The second-order valence-electron chi connectivity index (χ2n) is 6.10. The van der Waals surface area contributed by atoms with Crippen molar-refractivity contribution >= 4 is 5.91 Å². The van der Waals surface area contributed by atoms with E-state index >= 15 is 0 Å². The van der Waals surface area contributed by atoms with Gasteiger partial charge in [0, 0.05) is 12.7 Å². The Balaban J connectivity index is 1.60. The standard InChI is InChI=1S/C18H19N3O3/c1-12-10-20-14(11-19-12)18(22)21-6-2-3-15(21)13-4-5-16-17(9-13)24-8-7-23-16/h4-5,9-11,15H,2-3,6-8H2,1H3/t15-/m0/s1. The molecule has 3 heterocycles. The number of fused-ring (bicyclic) bond motifs is 1. The van der Waals surface area contributed by atoms with E-state index in [-0.39, 0.29) is 11.9 Å². The van der Waals surface area contributed by atoms with Crippen LogP contribution in [-0.2, 0) is 0 Å². The molecule has 6 heteroatoms. The lowest BCUT2D eigenvalue weighted by Gasteiger charge is -2.26. The third kappa shape index (κ3) is 2.68. The molecule has 0 saturated carbocycles. The molecule has 1 amide bonds. The number of rotatable bonds is 2. The summed E-state index contributed by atoms with van der Waals surface area (Å²) in [6.45, 7) is 3.72. The summed E-state index contributed by atoms with van der Waals surface area (Å²) < 4.78 is 11.2. The predicted molar refractivity (Wildman–Crippen MR) is 87.2 cm³/mol. The molecule has 0 N–H and O–H groups in total. The maximum Gasteiger partial charge on any atom is 0.274 e. The van der Waals surface area contributed by atoms with Crippen molar-refractivity contribution in [3.8, 4) is 11.5 Å². The number of carbonyl (C=O) groups is 1. The molecule has 0 bridgehead atoms. The fraction of sp³-hybridized carbons (Fsp3) is 0.389. The monoisotopic (exact) mass is 325 g/mol. The van der Waals surface area contributed by atoms with Gasteiger partial charge >= 0.3 is 0 Å². The molecule has 2 aromatic rings. The molecule has 0 radical (unpaired) electrons. The first kappa shape index (κ1) is 14.9. The van der Waals surface area contributed by atoms with Crippen LogP contribution in [0.25, 0.3) is 0 Å². The molecule has 24 heavy (non-hydrogen) atoms. The molecule has 2 aliphatic heterocycles. The van der Waals surface area contributed by atoms with Crippen molar-refractivity contribution in [3.05, 3.63) is 47.5 Å². The summed E-state index contributed by atoms with van der Waals surface area (Å²) in [5.41, 5.74) is 2.27. The fourth-order valence-corrected chi connectivity index (χ4v) is 3.27. The molecule has 0 spiro atoms. The zero-order valence-corrected chi connectivity index (χ0v) is 13.6. The molecule has 1 aromatic heterocycles. The van der Waals surface area contributed by atoms with Crippen LogP contribution in [0.1, 0.15) is 40.6 Å². The van der Waals surface area contributed by atoms with Gasteiger partial charge in [0.05, 0.1) is 17.9 Å². The minimum atomic E-state index is -0.0695. The summed E-state index contributed by atoms with van der Waals surface area (Å²) in [6.07, 6.45) is 5.09. The zero-order chi connectivity index (χ0) is 16.5. The largest absolute Gasteiger partial charge is 0.486 e. The second-order valence-corrected chi connectivity index (χ2v) is 6.10. The summed E-state index contributed by atoms with van der Waals surface area (Å²) in [4.78, 5) is 23.1. The highest BCUT2D eigenvalue weighted by atomic mass is 16.6. The molecular weight excluding hydrogens is 306 g/mol. The number of amides is 1. The van der Waals surface area contributed by atoms with E-state index in [0.29, 0.717) is 18.9 Å². The van der Waals surface area contributed by atoms with Crippen LogP contribution in [0.3, 0.4) is 0 Å². The van der Waals surface area contributed by atoms with Gasteiger partial charge in [-0.05, 0) is 37.5 Å². The maximum absolute atomic E-state index is 12.8. The summed E-state index contributed by atoms with van der Waals surface area (Å²) in [5.74, 6) is 1.46. The van der Waals surface area contributed by atoms with E-state index in [1.807, 2.05) is 30.0 Å². The van der Waals surface area contributed by atoms with Crippen molar-refractivity contribution in [2.45, 2.75) is 25.8 Å². The second kappa shape index (κ2) is 6.11. The number of benzene rings is 1.